The van der Waals surface area contributed by atoms with Gasteiger partial charge < -0.3 is 4.74 Å². The summed E-state index contributed by atoms with van der Waals surface area (Å²) in [6, 6.07) is 0. The molecule has 0 aliphatic heterocycles. The maximum atomic E-state index is 12.5. The number of aromatic nitrogens is 2. The lowest BCUT2D eigenvalue weighted by Gasteiger charge is -2.20. The first-order valence-corrected chi connectivity index (χ1v) is 5.91. The van der Waals surface area contributed by atoms with Crippen LogP contribution in [0.4, 0.5) is 23.8 Å². The summed E-state index contributed by atoms with van der Waals surface area (Å²) < 4.78 is 42.3. The highest BCUT2D eigenvalue weighted by atomic mass is 35.5. The number of nitrogens with one attached hydrogen (secondary N) is 1. The first-order chi connectivity index (χ1) is 9.42. The third-order valence-corrected chi connectivity index (χ3v) is 2.19. The molecule has 0 aliphatic carbocycles. The molecule has 0 radical (unpaired) electrons. The number of hydrogen-bond acceptors (Lipinski definition) is 5. The van der Waals surface area contributed by atoms with Gasteiger partial charge in [-0.15, -0.1) is 0 Å². The van der Waals surface area contributed by atoms with E-state index in [2.05, 4.69) is 9.97 Å². The molecule has 1 N–H and O–H groups in total. The molecule has 0 aromatic carbocycles. The molecule has 0 spiro atoms. The number of ether oxygens (including phenoxy) is 1. The molecule has 1 aromatic heterocycles. The van der Waals surface area contributed by atoms with Crippen molar-refractivity contribution < 1.29 is 27.5 Å². The van der Waals surface area contributed by atoms with E-state index in [1.165, 1.54) is 0 Å². The number of carbonyl (C=O) groups is 2. The highest BCUT2D eigenvalue weighted by molar-refractivity contribution is 6.33. The van der Waals surface area contributed by atoms with Crippen LogP contribution >= 0.6 is 11.6 Å². The Labute approximate surface area is 122 Å². The van der Waals surface area contributed by atoms with Gasteiger partial charge in [-0.25, -0.2) is 14.8 Å². The zero-order valence-electron chi connectivity index (χ0n) is 11.2. The molecule has 0 aliphatic rings. The minimum Gasteiger partial charge on any atom is -0.444 e. The summed E-state index contributed by atoms with van der Waals surface area (Å²) in [6.07, 6.45) is -5.45. The molecule has 10 heteroatoms. The van der Waals surface area contributed by atoms with Gasteiger partial charge in [0, 0.05) is 0 Å². The Morgan fingerprint density at radius 1 is 1.24 bits per heavy atom. The molecule has 0 saturated carbocycles. The molecule has 1 amide bonds. The van der Waals surface area contributed by atoms with Crippen LogP contribution < -0.4 is 5.32 Å². The molecule has 0 unspecified atom stereocenters. The van der Waals surface area contributed by atoms with Crippen molar-refractivity contribution in [2.45, 2.75) is 32.5 Å². The summed E-state index contributed by atoms with van der Waals surface area (Å²) in [4.78, 5) is 29.5. The number of hydrogen-bond donors (Lipinski definition) is 1. The highest BCUT2D eigenvalue weighted by Crippen LogP contribution is 2.29. The van der Waals surface area contributed by atoms with Crippen LogP contribution in [0, 0.1) is 0 Å². The van der Waals surface area contributed by atoms with E-state index in [1.807, 2.05) is 5.32 Å². The smallest absolute Gasteiger partial charge is 0.444 e. The van der Waals surface area contributed by atoms with E-state index in [4.69, 9.17) is 16.3 Å². The molecule has 0 bridgehead atoms. The van der Waals surface area contributed by atoms with Crippen molar-refractivity contribution in [2.24, 2.45) is 0 Å². The van der Waals surface area contributed by atoms with Crippen LogP contribution in [0.1, 0.15) is 31.1 Å². The minimum atomic E-state index is -5.18. The van der Waals surface area contributed by atoms with Gasteiger partial charge in [0.25, 0.3) is 5.78 Å². The molecule has 1 rings (SSSR count). The van der Waals surface area contributed by atoms with Crippen LogP contribution in [0.15, 0.2) is 6.33 Å². The van der Waals surface area contributed by atoms with Gasteiger partial charge in [-0.2, -0.15) is 13.2 Å². The lowest BCUT2D eigenvalue weighted by Crippen LogP contribution is -2.30. The number of alkyl halides is 3. The number of carbonyl (C=O) groups excluding carboxylic acids is 2. The first kappa shape index (κ1) is 17.2. The van der Waals surface area contributed by atoms with E-state index in [0.29, 0.717) is 0 Å². The van der Waals surface area contributed by atoms with Crippen molar-refractivity contribution in [1.29, 1.82) is 0 Å². The van der Waals surface area contributed by atoms with Crippen molar-refractivity contribution in [3.05, 3.63) is 17.0 Å². The summed E-state index contributed by atoms with van der Waals surface area (Å²) in [5.74, 6) is -2.94. The lowest BCUT2D eigenvalue weighted by atomic mass is 10.2. The normalized spacial score (nSPS) is 12.0. The van der Waals surface area contributed by atoms with Gasteiger partial charge >= 0.3 is 12.3 Å². The third-order valence-electron chi connectivity index (χ3n) is 1.90. The second-order valence-corrected chi connectivity index (χ2v) is 5.20. The number of nitrogens with zero attached hydrogens (tertiary/aromatic N) is 2. The molecule has 116 valence electrons. The quantitative estimate of drug-likeness (QED) is 0.667. The fourth-order valence-corrected chi connectivity index (χ4v) is 1.42. The van der Waals surface area contributed by atoms with Gasteiger partial charge in [-0.3, -0.25) is 10.1 Å². The van der Waals surface area contributed by atoms with Gasteiger partial charge in [0.15, 0.2) is 5.82 Å². The van der Waals surface area contributed by atoms with Crippen LogP contribution in [-0.4, -0.2) is 33.6 Å². The SMILES string of the molecule is CC(C)(C)OC(=O)Nc1ncnc(Cl)c1C(=O)C(F)(F)F. The summed E-state index contributed by atoms with van der Waals surface area (Å²) in [5.41, 5.74) is -1.92. The van der Waals surface area contributed by atoms with Gasteiger partial charge in [0.1, 0.15) is 22.6 Å². The number of anilines is 1. The average molecular weight is 326 g/mol. The van der Waals surface area contributed by atoms with Gasteiger partial charge in [0.05, 0.1) is 0 Å². The second-order valence-electron chi connectivity index (χ2n) is 4.84. The van der Waals surface area contributed by atoms with Crippen LogP contribution in [0.5, 0.6) is 0 Å². The number of Topliss-reactive ketones (excluding diaryl/α,β-unsaturated/α-hetero) is 1. The van der Waals surface area contributed by atoms with Crippen molar-refractivity contribution in [1.82, 2.24) is 9.97 Å². The Bertz CT molecular complexity index is 570. The molecule has 0 fully saturated rings. The maximum absolute atomic E-state index is 12.5. The third kappa shape index (κ3) is 4.85. The fourth-order valence-electron chi connectivity index (χ4n) is 1.20. The van der Waals surface area contributed by atoms with E-state index in [1.54, 1.807) is 20.8 Å². The van der Waals surface area contributed by atoms with E-state index >= 15 is 0 Å². The fraction of sp³-hybridized carbons (Fsp3) is 0.455. The average Bonchev–Trinajstić information content (AvgIpc) is 2.24. The van der Waals surface area contributed by atoms with Gasteiger partial charge in [-0.1, -0.05) is 11.6 Å². The summed E-state index contributed by atoms with van der Waals surface area (Å²) >= 11 is 5.48. The Balaban J connectivity index is 3.12. The van der Waals surface area contributed by atoms with Crippen molar-refractivity contribution >= 4 is 29.3 Å². The van der Waals surface area contributed by atoms with E-state index < -0.39 is 40.2 Å². The predicted octanol–water partition coefficient (Wildman–Crippen LogP) is 3.22. The Hall–Kier alpha value is -1.90. The predicted molar refractivity (Wildman–Crippen MR) is 67.3 cm³/mol. The molecule has 0 atom stereocenters. The molecule has 6 nitrogen and oxygen atoms in total. The molecule has 21 heavy (non-hydrogen) atoms. The van der Waals surface area contributed by atoms with Crippen molar-refractivity contribution in [2.75, 3.05) is 5.32 Å². The zero-order chi connectivity index (χ0) is 16.4. The summed E-state index contributed by atoms with van der Waals surface area (Å²) in [5, 5.41) is 1.22. The van der Waals surface area contributed by atoms with Crippen molar-refractivity contribution in [3.63, 3.8) is 0 Å². The topological polar surface area (TPSA) is 81.2 Å². The Morgan fingerprint density at radius 3 is 2.29 bits per heavy atom. The van der Waals surface area contributed by atoms with E-state index in [0.717, 1.165) is 6.33 Å². The Morgan fingerprint density at radius 2 is 1.81 bits per heavy atom. The van der Waals surface area contributed by atoms with Gasteiger partial charge in [-0.05, 0) is 20.8 Å². The van der Waals surface area contributed by atoms with E-state index in [-0.39, 0.29) is 0 Å². The molecular weight excluding hydrogens is 315 g/mol. The zero-order valence-corrected chi connectivity index (χ0v) is 12.0. The van der Waals surface area contributed by atoms with E-state index in [9.17, 15) is 22.8 Å². The largest absolute Gasteiger partial charge is 0.455 e. The minimum absolute atomic E-state index is 0.674. The summed E-state index contributed by atoms with van der Waals surface area (Å²) in [7, 11) is 0. The second kappa shape index (κ2) is 5.84. The monoisotopic (exact) mass is 325 g/mol. The first-order valence-electron chi connectivity index (χ1n) is 5.54. The van der Waals surface area contributed by atoms with Crippen LogP contribution in [0.3, 0.4) is 0 Å². The molecule has 1 aromatic rings. The number of rotatable bonds is 2. The number of ketones is 1. The number of amides is 1. The Kier molecular flexibility index (Phi) is 4.77. The maximum Gasteiger partial charge on any atom is 0.455 e. The standard InChI is InChI=1S/C11H11ClF3N3O3/c1-10(2,3)21-9(20)18-8-5(6(19)11(13,14)15)7(12)16-4-17-8/h4H,1-3H3,(H,16,17,18,20). The lowest BCUT2D eigenvalue weighted by molar-refractivity contribution is -0.0885. The van der Waals surface area contributed by atoms with Crippen LogP contribution in [-0.2, 0) is 4.74 Å². The van der Waals surface area contributed by atoms with Gasteiger partial charge in [0.2, 0.25) is 0 Å². The molecular formula is C11H11ClF3N3O3. The highest BCUT2D eigenvalue weighted by Gasteiger charge is 2.42. The number of halogens is 4. The van der Waals surface area contributed by atoms with Crippen LogP contribution in [0.2, 0.25) is 5.15 Å². The molecule has 1 heterocycles. The molecule has 0 saturated heterocycles. The summed E-state index contributed by atoms with van der Waals surface area (Å²) in [6.45, 7) is 4.67. The van der Waals surface area contributed by atoms with Crippen molar-refractivity contribution in [3.8, 4) is 0 Å². The van der Waals surface area contributed by atoms with Crippen LogP contribution in [0.25, 0.3) is 0 Å².